The lowest BCUT2D eigenvalue weighted by atomic mass is 10.3. The molecule has 27 heavy (non-hydrogen) atoms. The van der Waals surface area contributed by atoms with E-state index < -0.39 is 10.0 Å². The summed E-state index contributed by atoms with van der Waals surface area (Å²) in [7, 11) is -3.43. The predicted molar refractivity (Wildman–Crippen MR) is 102 cm³/mol. The van der Waals surface area contributed by atoms with Gasteiger partial charge in [-0.05, 0) is 18.6 Å². The van der Waals surface area contributed by atoms with Gasteiger partial charge in [0.1, 0.15) is 29.0 Å². The van der Waals surface area contributed by atoms with Crippen molar-refractivity contribution in [3.8, 4) is 5.82 Å². The minimum absolute atomic E-state index is 0.420. The van der Waals surface area contributed by atoms with Gasteiger partial charge in [-0.3, -0.25) is 0 Å². The number of hydrogen-bond donors (Lipinski definition) is 0. The fourth-order valence-electron chi connectivity index (χ4n) is 2.93. The molecule has 0 radical (unpaired) electrons. The highest BCUT2D eigenvalue weighted by Gasteiger charge is 2.30. The van der Waals surface area contributed by atoms with Gasteiger partial charge < -0.3 is 4.90 Å². The van der Waals surface area contributed by atoms with Crippen molar-refractivity contribution in [1.82, 2.24) is 29.0 Å². The monoisotopic (exact) mass is 405 g/mol. The number of rotatable bonds is 5. The average molecular weight is 406 g/mol. The molecule has 0 aliphatic carbocycles. The van der Waals surface area contributed by atoms with E-state index in [4.69, 9.17) is 0 Å². The third-order valence-electron chi connectivity index (χ3n) is 4.43. The Balaban J connectivity index is 1.47. The van der Waals surface area contributed by atoms with Crippen LogP contribution in [-0.4, -0.2) is 63.6 Å². The number of aromatic nitrogens is 5. The summed E-state index contributed by atoms with van der Waals surface area (Å²) in [4.78, 5) is 15.6. The zero-order valence-electron chi connectivity index (χ0n) is 14.8. The Labute approximate surface area is 161 Å². The molecule has 1 aliphatic heterocycles. The standard InChI is InChI=1S/C16H19N7O2S2/c1-2-13-3-4-16(26-13)27(24,25)22-7-5-21(6-8-22)14-9-15(19-11-18-14)23-12-17-10-20-23/h3-4,9-12H,2,5-8H2,1H3. The summed E-state index contributed by atoms with van der Waals surface area (Å²) in [6, 6.07) is 5.42. The molecule has 11 heteroatoms. The third kappa shape index (κ3) is 3.57. The smallest absolute Gasteiger partial charge is 0.252 e. The van der Waals surface area contributed by atoms with Crippen LogP contribution < -0.4 is 4.90 Å². The van der Waals surface area contributed by atoms with Crippen LogP contribution in [0.25, 0.3) is 5.82 Å². The molecule has 3 aromatic heterocycles. The average Bonchev–Trinajstić information content (AvgIpc) is 3.40. The quantitative estimate of drug-likeness (QED) is 0.629. The molecule has 4 rings (SSSR count). The summed E-state index contributed by atoms with van der Waals surface area (Å²) in [5, 5.41) is 4.07. The summed E-state index contributed by atoms with van der Waals surface area (Å²) < 4.78 is 29.2. The van der Waals surface area contributed by atoms with Gasteiger partial charge in [0.05, 0.1) is 0 Å². The van der Waals surface area contributed by atoms with Crippen LogP contribution in [0.1, 0.15) is 11.8 Å². The van der Waals surface area contributed by atoms with E-state index in [-0.39, 0.29) is 0 Å². The minimum atomic E-state index is -3.43. The molecule has 0 bridgehead atoms. The number of hydrogen-bond acceptors (Lipinski definition) is 8. The zero-order valence-corrected chi connectivity index (χ0v) is 16.4. The van der Waals surface area contributed by atoms with Gasteiger partial charge in [0.15, 0.2) is 5.82 Å². The topological polar surface area (TPSA) is 97.1 Å². The Kier molecular flexibility index (Phi) is 4.89. The van der Waals surface area contributed by atoms with E-state index in [1.54, 1.807) is 21.4 Å². The molecule has 142 valence electrons. The van der Waals surface area contributed by atoms with Crippen LogP contribution in [0, 0.1) is 0 Å². The van der Waals surface area contributed by atoms with E-state index in [0.717, 1.165) is 17.1 Å². The maximum atomic E-state index is 12.8. The first-order valence-electron chi connectivity index (χ1n) is 8.59. The number of sulfonamides is 1. The summed E-state index contributed by atoms with van der Waals surface area (Å²) >= 11 is 1.35. The van der Waals surface area contributed by atoms with Crippen LogP contribution in [0.4, 0.5) is 5.82 Å². The van der Waals surface area contributed by atoms with Crippen molar-refractivity contribution in [1.29, 1.82) is 0 Å². The molecule has 0 saturated carbocycles. The van der Waals surface area contributed by atoms with E-state index in [1.165, 1.54) is 24.0 Å². The molecule has 0 unspecified atom stereocenters. The molecule has 4 heterocycles. The second-order valence-corrected chi connectivity index (χ2v) is 9.37. The second kappa shape index (κ2) is 7.33. The predicted octanol–water partition coefficient (Wildman–Crippen LogP) is 1.19. The first-order valence-corrected chi connectivity index (χ1v) is 10.8. The first-order chi connectivity index (χ1) is 13.1. The van der Waals surface area contributed by atoms with E-state index >= 15 is 0 Å². The highest BCUT2D eigenvalue weighted by molar-refractivity contribution is 7.91. The van der Waals surface area contributed by atoms with Crippen molar-refractivity contribution >= 4 is 27.2 Å². The number of thiophene rings is 1. The Hall–Kier alpha value is -2.37. The number of anilines is 1. The Bertz CT molecular complexity index is 1010. The lowest BCUT2D eigenvalue weighted by Gasteiger charge is -2.34. The fraction of sp³-hybridized carbons (Fsp3) is 0.375. The summed E-state index contributed by atoms with van der Waals surface area (Å²) in [5.41, 5.74) is 0. The number of aryl methyl sites for hydroxylation is 1. The van der Waals surface area contributed by atoms with Crippen molar-refractivity contribution in [3.63, 3.8) is 0 Å². The molecule has 1 fully saturated rings. The summed E-state index contributed by atoms with van der Waals surface area (Å²) in [5.74, 6) is 1.37. The van der Waals surface area contributed by atoms with Crippen LogP contribution in [0.5, 0.6) is 0 Å². The Morgan fingerprint density at radius 3 is 2.52 bits per heavy atom. The lowest BCUT2D eigenvalue weighted by molar-refractivity contribution is 0.384. The van der Waals surface area contributed by atoms with Gasteiger partial charge in [-0.1, -0.05) is 6.92 Å². The van der Waals surface area contributed by atoms with Gasteiger partial charge in [0, 0.05) is 37.1 Å². The van der Waals surface area contributed by atoms with Crippen molar-refractivity contribution in [2.24, 2.45) is 0 Å². The number of nitrogens with zero attached hydrogens (tertiary/aromatic N) is 7. The van der Waals surface area contributed by atoms with E-state index in [0.29, 0.717) is 36.2 Å². The molecule has 1 aliphatic rings. The van der Waals surface area contributed by atoms with Crippen LogP contribution in [0.2, 0.25) is 0 Å². The van der Waals surface area contributed by atoms with E-state index in [1.807, 2.05) is 19.1 Å². The molecular formula is C16H19N7O2S2. The molecule has 1 saturated heterocycles. The van der Waals surface area contributed by atoms with Gasteiger partial charge in [0.25, 0.3) is 10.0 Å². The van der Waals surface area contributed by atoms with Crippen LogP contribution >= 0.6 is 11.3 Å². The van der Waals surface area contributed by atoms with Crippen LogP contribution in [0.15, 0.2) is 41.4 Å². The molecule has 0 N–H and O–H groups in total. The normalized spacial score (nSPS) is 16.0. The van der Waals surface area contributed by atoms with E-state index in [2.05, 4.69) is 25.0 Å². The minimum Gasteiger partial charge on any atom is -0.354 e. The SMILES string of the molecule is CCc1ccc(S(=O)(=O)N2CCN(c3cc(-n4cncn4)ncn3)CC2)s1. The van der Waals surface area contributed by atoms with Gasteiger partial charge >= 0.3 is 0 Å². The fourth-order valence-corrected chi connectivity index (χ4v) is 5.81. The highest BCUT2D eigenvalue weighted by atomic mass is 32.2. The maximum Gasteiger partial charge on any atom is 0.252 e. The van der Waals surface area contributed by atoms with Gasteiger partial charge in [-0.25, -0.2) is 28.1 Å². The molecular weight excluding hydrogens is 386 g/mol. The number of piperazine rings is 1. The molecule has 0 aromatic carbocycles. The molecule has 0 amide bonds. The second-order valence-electron chi connectivity index (χ2n) is 6.04. The maximum absolute atomic E-state index is 12.8. The summed E-state index contributed by atoms with van der Waals surface area (Å²) in [6.45, 7) is 4.00. The van der Waals surface area contributed by atoms with Crippen molar-refractivity contribution < 1.29 is 8.42 Å². The molecule has 3 aromatic rings. The first kappa shape index (κ1) is 18.0. The van der Waals surface area contributed by atoms with Crippen molar-refractivity contribution in [2.45, 2.75) is 17.6 Å². The van der Waals surface area contributed by atoms with Crippen molar-refractivity contribution in [3.05, 3.63) is 42.1 Å². The largest absolute Gasteiger partial charge is 0.354 e. The summed E-state index contributed by atoms with van der Waals surface area (Å²) in [6.07, 6.45) is 5.34. The highest BCUT2D eigenvalue weighted by Crippen LogP contribution is 2.26. The van der Waals surface area contributed by atoms with Crippen LogP contribution in [-0.2, 0) is 16.4 Å². The lowest BCUT2D eigenvalue weighted by Crippen LogP contribution is -2.48. The molecule has 0 atom stereocenters. The van der Waals surface area contributed by atoms with Gasteiger partial charge in [-0.15, -0.1) is 11.3 Å². The zero-order chi connectivity index (χ0) is 18.9. The van der Waals surface area contributed by atoms with Crippen LogP contribution in [0.3, 0.4) is 0 Å². The Morgan fingerprint density at radius 2 is 1.85 bits per heavy atom. The van der Waals surface area contributed by atoms with E-state index in [9.17, 15) is 8.42 Å². The Morgan fingerprint density at radius 1 is 1.07 bits per heavy atom. The molecule has 0 spiro atoms. The van der Waals surface area contributed by atoms with Gasteiger partial charge in [0.2, 0.25) is 0 Å². The van der Waals surface area contributed by atoms with Crippen molar-refractivity contribution in [2.75, 3.05) is 31.1 Å². The van der Waals surface area contributed by atoms with Gasteiger partial charge in [-0.2, -0.15) is 9.40 Å². The molecule has 9 nitrogen and oxygen atoms in total. The third-order valence-corrected chi connectivity index (χ3v) is 8.03.